The number of halogens is 5. The summed E-state index contributed by atoms with van der Waals surface area (Å²) in [6.07, 6.45) is -5.09. The molecule has 2 amide bonds. The highest BCUT2D eigenvalue weighted by Crippen LogP contribution is 2.34. The molecule has 0 fully saturated rings. The lowest BCUT2D eigenvalue weighted by atomic mass is 10.0. The highest BCUT2D eigenvalue weighted by molar-refractivity contribution is 6.31. The molecular formula is C24H22ClF4N7O4. The molecule has 0 saturated heterocycles. The van der Waals surface area contributed by atoms with Crippen molar-refractivity contribution >= 4 is 51.9 Å². The van der Waals surface area contributed by atoms with Crippen LogP contribution in [0.5, 0.6) is 0 Å². The number of carbonyl (C=O) groups is 3. The minimum absolute atomic E-state index is 0.0340. The summed E-state index contributed by atoms with van der Waals surface area (Å²) in [6, 6.07) is 3.91. The van der Waals surface area contributed by atoms with Crippen molar-refractivity contribution in [2.75, 3.05) is 25.0 Å². The van der Waals surface area contributed by atoms with E-state index in [-0.39, 0.29) is 29.2 Å². The molecule has 0 saturated carbocycles. The number of carboxylic acid groups (broad SMARTS) is 1. The maximum Gasteiger partial charge on any atom is 0.416 e. The third-order valence-electron chi connectivity index (χ3n) is 5.83. The predicted molar refractivity (Wildman–Crippen MR) is 137 cm³/mol. The molecule has 1 aromatic heterocycles. The first-order valence-corrected chi connectivity index (χ1v) is 12.1. The van der Waals surface area contributed by atoms with Crippen LogP contribution in [0, 0.1) is 0 Å². The van der Waals surface area contributed by atoms with Crippen LogP contribution in [0.25, 0.3) is 10.9 Å². The standard InChI is InChI=1S/C24H22ClF4N7O4/c25-16-2-1-12(24(27,28)29)5-14(16)18(6-21(38)39)34-20(37)10-30-22(40)11-3-17(15-9-33-36-19(15)4-11)35-23-31-7-13(26)8-32-23/h1-5,9,13,18H,6-8,10H2,(H,30,40)(H,33,36)(H,34,37)(H,38,39)(H2,31,32,35)/t18-/m0/s1. The first kappa shape index (κ1) is 28.6. The lowest BCUT2D eigenvalue weighted by Gasteiger charge is -2.20. The fraction of sp³-hybridized carbons (Fsp3) is 0.292. The van der Waals surface area contributed by atoms with E-state index in [9.17, 15) is 37.1 Å². The Bertz CT molecular complexity index is 1480. The van der Waals surface area contributed by atoms with Crippen molar-refractivity contribution in [2.45, 2.75) is 24.8 Å². The lowest BCUT2D eigenvalue weighted by molar-refractivity contribution is -0.138. The summed E-state index contributed by atoms with van der Waals surface area (Å²) < 4.78 is 52.9. The van der Waals surface area contributed by atoms with Gasteiger partial charge in [-0.15, -0.1) is 0 Å². The molecule has 2 aromatic carbocycles. The monoisotopic (exact) mass is 583 g/mol. The third-order valence-corrected chi connectivity index (χ3v) is 6.18. The molecule has 2 atom stereocenters. The Kier molecular flexibility index (Phi) is 8.42. The van der Waals surface area contributed by atoms with E-state index in [1.54, 1.807) is 0 Å². The number of aliphatic carboxylic acids is 1. The Morgan fingerprint density at radius 3 is 2.65 bits per heavy atom. The summed E-state index contributed by atoms with van der Waals surface area (Å²) in [5, 5.41) is 26.8. The van der Waals surface area contributed by atoms with E-state index < -0.39 is 54.7 Å². The van der Waals surface area contributed by atoms with Crippen LogP contribution >= 0.6 is 11.6 Å². The first-order valence-electron chi connectivity index (χ1n) is 11.7. The van der Waals surface area contributed by atoms with Gasteiger partial charge in [-0.05, 0) is 35.9 Å². The number of hydrogen-bond donors (Lipinski definition) is 6. The Labute approximate surface area is 228 Å². The second kappa shape index (κ2) is 11.8. The van der Waals surface area contributed by atoms with Crippen LogP contribution in [0.4, 0.5) is 23.2 Å². The molecule has 0 radical (unpaired) electrons. The quantitative estimate of drug-likeness (QED) is 0.222. The maximum absolute atomic E-state index is 13.4. The minimum atomic E-state index is -4.72. The van der Waals surface area contributed by atoms with E-state index in [2.05, 4.69) is 36.5 Å². The van der Waals surface area contributed by atoms with Gasteiger partial charge in [-0.25, -0.2) is 9.38 Å². The van der Waals surface area contributed by atoms with Gasteiger partial charge in [0.1, 0.15) is 6.17 Å². The van der Waals surface area contributed by atoms with Gasteiger partial charge in [0.2, 0.25) is 5.91 Å². The molecule has 0 bridgehead atoms. The number of guanidine groups is 1. The second-order valence-electron chi connectivity index (χ2n) is 8.78. The van der Waals surface area contributed by atoms with Gasteiger partial charge in [-0.1, -0.05) is 11.6 Å². The van der Waals surface area contributed by atoms with Crippen LogP contribution in [0.3, 0.4) is 0 Å². The fourth-order valence-corrected chi connectivity index (χ4v) is 4.17. The Morgan fingerprint density at radius 1 is 1.20 bits per heavy atom. The number of amides is 2. The van der Waals surface area contributed by atoms with Gasteiger partial charge >= 0.3 is 12.1 Å². The van der Waals surface area contributed by atoms with Gasteiger partial charge in [-0.2, -0.15) is 18.3 Å². The molecule has 40 heavy (non-hydrogen) atoms. The molecule has 1 unspecified atom stereocenters. The summed E-state index contributed by atoms with van der Waals surface area (Å²) in [5.74, 6) is -2.65. The van der Waals surface area contributed by atoms with E-state index in [4.69, 9.17) is 11.6 Å². The molecule has 2 heterocycles. The van der Waals surface area contributed by atoms with Gasteiger partial charge in [0, 0.05) is 16.0 Å². The number of rotatable bonds is 8. The number of hydrogen-bond acceptors (Lipinski definition) is 7. The fourth-order valence-electron chi connectivity index (χ4n) is 3.92. The largest absolute Gasteiger partial charge is 0.481 e. The Balaban J connectivity index is 1.47. The SMILES string of the molecule is O=C(O)C[C@H](NC(=O)CNC(=O)c1cc(NC2=NCC(F)CN2)c2cn[nH]c2c1)c1cc(C(F)(F)F)ccc1Cl. The topological polar surface area (TPSA) is 161 Å². The van der Waals surface area contributed by atoms with Crippen LogP contribution in [-0.4, -0.2) is 64.9 Å². The van der Waals surface area contributed by atoms with Crippen LogP contribution in [0.15, 0.2) is 41.5 Å². The molecule has 3 aromatic rings. The zero-order chi connectivity index (χ0) is 29.0. The molecule has 0 spiro atoms. The zero-order valence-electron chi connectivity index (χ0n) is 20.4. The van der Waals surface area contributed by atoms with E-state index in [0.29, 0.717) is 28.6 Å². The first-order chi connectivity index (χ1) is 18.9. The van der Waals surface area contributed by atoms with Crippen LogP contribution in [0.1, 0.15) is 33.9 Å². The average Bonchev–Trinajstić information content (AvgIpc) is 3.37. The molecular weight excluding hydrogens is 562 g/mol. The molecule has 1 aliphatic rings. The molecule has 212 valence electrons. The maximum atomic E-state index is 13.4. The third kappa shape index (κ3) is 6.97. The van der Waals surface area contributed by atoms with Crippen molar-refractivity contribution in [2.24, 2.45) is 4.99 Å². The van der Waals surface area contributed by atoms with Crippen LogP contribution in [-0.2, 0) is 15.8 Å². The smallest absolute Gasteiger partial charge is 0.416 e. The van der Waals surface area contributed by atoms with Gasteiger partial charge in [0.25, 0.3) is 5.91 Å². The summed E-state index contributed by atoms with van der Waals surface area (Å²) in [4.78, 5) is 40.9. The summed E-state index contributed by atoms with van der Waals surface area (Å²) >= 11 is 6.02. The summed E-state index contributed by atoms with van der Waals surface area (Å²) in [7, 11) is 0. The van der Waals surface area contributed by atoms with Crippen molar-refractivity contribution in [1.29, 1.82) is 0 Å². The van der Waals surface area contributed by atoms with Crippen LogP contribution in [0.2, 0.25) is 5.02 Å². The number of nitrogens with zero attached hydrogens (tertiary/aromatic N) is 2. The van der Waals surface area contributed by atoms with Crippen molar-refractivity contribution in [3.63, 3.8) is 0 Å². The van der Waals surface area contributed by atoms with E-state index in [1.807, 2.05) is 0 Å². The molecule has 6 N–H and O–H groups in total. The number of aromatic nitrogens is 2. The zero-order valence-corrected chi connectivity index (χ0v) is 21.2. The van der Waals surface area contributed by atoms with Crippen LogP contribution < -0.4 is 21.3 Å². The summed E-state index contributed by atoms with van der Waals surface area (Å²) in [6.45, 7) is -0.598. The minimum Gasteiger partial charge on any atom is -0.481 e. The number of carbonyl (C=O) groups excluding carboxylic acids is 2. The Hall–Kier alpha value is -4.40. The number of anilines is 1. The molecule has 1 aliphatic heterocycles. The molecule has 11 nitrogen and oxygen atoms in total. The normalized spacial score (nSPS) is 16.0. The van der Waals surface area contributed by atoms with Crippen molar-refractivity contribution in [3.05, 3.63) is 58.2 Å². The number of alkyl halides is 4. The van der Waals surface area contributed by atoms with E-state index in [0.717, 1.165) is 12.1 Å². The highest BCUT2D eigenvalue weighted by atomic mass is 35.5. The average molecular weight is 584 g/mol. The van der Waals surface area contributed by atoms with Gasteiger partial charge in [-0.3, -0.25) is 19.5 Å². The Morgan fingerprint density at radius 2 is 1.98 bits per heavy atom. The highest BCUT2D eigenvalue weighted by Gasteiger charge is 2.32. The lowest BCUT2D eigenvalue weighted by Crippen LogP contribution is -2.41. The van der Waals surface area contributed by atoms with Crippen molar-refractivity contribution in [1.82, 2.24) is 26.1 Å². The van der Waals surface area contributed by atoms with Gasteiger partial charge < -0.3 is 26.4 Å². The number of aliphatic imine (C=N–C) groups is 1. The van der Waals surface area contributed by atoms with Gasteiger partial charge in [0.15, 0.2) is 5.96 Å². The number of H-pyrrole nitrogens is 1. The number of aromatic amines is 1. The van der Waals surface area contributed by atoms with Gasteiger partial charge in [0.05, 0.1) is 55.1 Å². The van der Waals surface area contributed by atoms with E-state index >= 15 is 0 Å². The predicted octanol–water partition coefficient (Wildman–Crippen LogP) is 3.01. The second-order valence-corrected chi connectivity index (χ2v) is 9.19. The number of benzene rings is 2. The number of carboxylic acids is 1. The number of fused-ring (bicyclic) bond motifs is 1. The number of nitrogens with one attached hydrogen (secondary N) is 5. The molecule has 4 rings (SSSR count). The molecule has 16 heteroatoms. The van der Waals surface area contributed by atoms with E-state index in [1.165, 1.54) is 18.3 Å². The van der Waals surface area contributed by atoms with Crippen molar-refractivity contribution < 1.29 is 37.1 Å². The summed E-state index contributed by atoms with van der Waals surface area (Å²) in [5.41, 5.74) is -0.306. The molecule has 0 aliphatic carbocycles. The van der Waals surface area contributed by atoms with Crippen molar-refractivity contribution in [3.8, 4) is 0 Å².